The average molecular weight is 142 g/mol. The molecule has 0 radical (unpaired) electrons. The van der Waals surface area contributed by atoms with Gasteiger partial charge >= 0.3 is 0 Å². The highest BCUT2D eigenvalue weighted by Crippen LogP contribution is 1.98. The van der Waals surface area contributed by atoms with Crippen LogP contribution in [-0.2, 0) is 4.74 Å². The Morgan fingerprint density at radius 3 is 2.50 bits per heavy atom. The number of allylic oxidation sites excluding steroid dienone is 4. The number of aliphatic hydroxyl groups excluding tert-OH is 1. The van der Waals surface area contributed by atoms with E-state index >= 15 is 0 Å². The number of hydrogen-bond acceptors (Lipinski definition) is 2. The fourth-order valence-corrected chi connectivity index (χ4v) is 0.399. The molecule has 0 atom stereocenters. The van der Waals surface area contributed by atoms with E-state index in [2.05, 4.69) is 0 Å². The van der Waals surface area contributed by atoms with Crippen LogP contribution in [0.4, 0.5) is 0 Å². The predicted octanol–water partition coefficient (Wildman–Crippen LogP) is 2.39. The SMILES string of the molecule is CC/C(O)=C\C=C(/C)OC. The summed E-state index contributed by atoms with van der Waals surface area (Å²) in [7, 11) is 1.60. The molecule has 58 valence electrons. The van der Waals surface area contributed by atoms with Crippen LogP contribution in [0.15, 0.2) is 23.7 Å². The third kappa shape index (κ3) is 4.01. The highest BCUT2D eigenvalue weighted by Gasteiger charge is 1.84. The van der Waals surface area contributed by atoms with E-state index in [0.29, 0.717) is 12.2 Å². The van der Waals surface area contributed by atoms with Gasteiger partial charge in [-0.3, -0.25) is 0 Å². The normalized spacial score (nSPS) is 13.5. The fraction of sp³-hybridized carbons (Fsp3) is 0.500. The fourth-order valence-electron chi connectivity index (χ4n) is 0.399. The van der Waals surface area contributed by atoms with Gasteiger partial charge in [-0.25, -0.2) is 0 Å². The second kappa shape index (κ2) is 4.91. The van der Waals surface area contributed by atoms with E-state index in [-0.39, 0.29) is 0 Å². The highest BCUT2D eigenvalue weighted by atomic mass is 16.5. The van der Waals surface area contributed by atoms with Gasteiger partial charge in [0.05, 0.1) is 18.6 Å². The summed E-state index contributed by atoms with van der Waals surface area (Å²) in [5.41, 5.74) is 0. The lowest BCUT2D eigenvalue weighted by atomic mass is 10.3. The van der Waals surface area contributed by atoms with Crippen LogP contribution in [0.2, 0.25) is 0 Å². The van der Waals surface area contributed by atoms with E-state index in [1.54, 1.807) is 19.3 Å². The predicted molar refractivity (Wildman–Crippen MR) is 41.8 cm³/mol. The van der Waals surface area contributed by atoms with Crippen molar-refractivity contribution in [2.45, 2.75) is 20.3 Å². The molecule has 0 rings (SSSR count). The van der Waals surface area contributed by atoms with Crippen LogP contribution >= 0.6 is 0 Å². The van der Waals surface area contributed by atoms with E-state index in [1.807, 2.05) is 13.8 Å². The average Bonchev–Trinajstić information content (AvgIpc) is 1.99. The quantitative estimate of drug-likeness (QED) is 0.484. The minimum absolute atomic E-state index is 0.372. The van der Waals surface area contributed by atoms with Crippen LogP contribution in [0.1, 0.15) is 20.3 Å². The lowest BCUT2D eigenvalue weighted by Crippen LogP contribution is -1.79. The third-order valence-electron chi connectivity index (χ3n) is 1.19. The van der Waals surface area contributed by atoms with E-state index < -0.39 is 0 Å². The maximum atomic E-state index is 8.96. The molecule has 10 heavy (non-hydrogen) atoms. The van der Waals surface area contributed by atoms with Gasteiger partial charge in [0.2, 0.25) is 0 Å². The first-order valence-corrected chi connectivity index (χ1v) is 3.31. The van der Waals surface area contributed by atoms with Gasteiger partial charge in [0.25, 0.3) is 0 Å². The van der Waals surface area contributed by atoms with Crippen molar-refractivity contribution < 1.29 is 9.84 Å². The van der Waals surface area contributed by atoms with Crippen LogP contribution in [0.25, 0.3) is 0 Å². The first kappa shape index (κ1) is 9.08. The van der Waals surface area contributed by atoms with Crippen LogP contribution in [0.5, 0.6) is 0 Å². The summed E-state index contributed by atoms with van der Waals surface area (Å²) in [5.74, 6) is 1.16. The topological polar surface area (TPSA) is 29.5 Å². The Morgan fingerprint density at radius 2 is 2.10 bits per heavy atom. The van der Waals surface area contributed by atoms with E-state index in [0.717, 1.165) is 5.76 Å². The highest BCUT2D eigenvalue weighted by molar-refractivity contribution is 5.08. The van der Waals surface area contributed by atoms with Crippen molar-refractivity contribution in [3.63, 3.8) is 0 Å². The van der Waals surface area contributed by atoms with E-state index in [1.165, 1.54) is 0 Å². The van der Waals surface area contributed by atoms with Gasteiger partial charge in [-0.2, -0.15) is 0 Å². The van der Waals surface area contributed by atoms with Gasteiger partial charge in [0.1, 0.15) is 0 Å². The molecule has 0 fully saturated rings. The summed E-state index contributed by atoms with van der Waals surface area (Å²) >= 11 is 0. The maximum absolute atomic E-state index is 8.96. The lowest BCUT2D eigenvalue weighted by Gasteiger charge is -1.95. The van der Waals surface area contributed by atoms with Crippen molar-refractivity contribution in [3.8, 4) is 0 Å². The zero-order valence-electron chi connectivity index (χ0n) is 6.72. The molecular formula is C8H14O2. The zero-order valence-corrected chi connectivity index (χ0v) is 6.72. The Balaban J connectivity index is 3.91. The number of aliphatic hydroxyl groups is 1. The first-order chi connectivity index (χ1) is 4.70. The third-order valence-corrected chi connectivity index (χ3v) is 1.19. The smallest absolute Gasteiger partial charge is 0.0925 e. The Bertz CT molecular complexity index is 127. The molecule has 2 nitrogen and oxygen atoms in total. The number of methoxy groups -OCH3 is 1. The summed E-state index contributed by atoms with van der Waals surface area (Å²) in [6.07, 6.45) is 4.03. The van der Waals surface area contributed by atoms with Gasteiger partial charge in [-0.05, 0) is 19.1 Å². The van der Waals surface area contributed by atoms with Gasteiger partial charge in [0, 0.05) is 6.42 Å². The Morgan fingerprint density at radius 1 is 1.50 bits per heavy atom. The van der Waals surface area contributed by atoms with Crippen LogP contribution < -0.4 is 0 Å². The maximum Gasteiger partial charge on any atom is 0.0925 e. The second-order valence-electron chi connectivity index (χ2n) is 1.99. The van der Waals surface area contributed by atoms with Gasteiger partial charge in [0.15, 0.2) is 0 Å². The van der Waals surface area contributed by atoms with Crippen LogP contribution in [-0.4, -0.2) is 12.2 Å². The molecular weight excluding hydrogens is 128 g/mol. The number of rotatable bonds is 3. The lowest BCUT2D eigenvalue weighted by molar-refractivity contribution is 0.293. The number of hydrogen-bond donors (Lipinski definition) is 1. The second-order valence-corrected chi connectivity index (χ2v) is 1.99. The van der Waals surface area contributed by atoms with E-state index in [4.69, 9.17) is 9.84 Å². The van der Waals surface area contributed by atoms with E-state index in [9.17, 15) is 0 Å². The molecule has 0 unspecified atom stereocenters. The van der Waals surface area contributed by atoms with Crippen molar-refractivity contribution in [3.05, 3.63) is 23.7 Å². The summed E-state index contributed by atoms with van der Waals surface area (Å²) in [4.78, 5) is 0. The molecule has 0 saturated carbocycles. The van der Waals surface area contributed by atoms with Crippen molar-refractivity contribution in [1.29, 1.82) is 0 Å². The molecule has 0 spiro atoms. The molecule has 0 saturated heterocycles. The van der Waals surface area contributed by atoms with Crippen LogP contribution in [0, 0.1) is 0 Å². The Kier molecular flexibility index (Phi) is 4.46. The molecule has 1 N–H and O–H groups in total. The molecule has 0 amide bonds. The Labute approximate surface area is 61.8 Å². The van der Waals surface area contributed by atoms with Crippen molar-refractivity contribution >= 4 is 0 Å². The molecule has 0 aromatic rings. The molecule has 0 aliphatic rings. The minimum Gasteiger partial charge on any atom is -0.512 e. The standard InChI is InChI=1S/C8H14O2/c1-4-8(9)6-5-7(2)10-3/h5-6,9H,4H2,1-3H3/b7-5+,8-6+. The summed E-state index contributed by atoms with van der Waals surface area (Å²) in [6.45, 7) is 3.72. The number of ether oxygens (including phenoxy) is 1. The summed E-state index contributed by atoms with van der Waals surface area (Å²) in [5, 5.41) is 8.96. The molecule has 0 aliphatic carbocycles. The van der Waals surface area contributed by atoms with Gasteiger partial charge < -0.3 is 9.84 Å². The monoisotopic (exact) mass is 142 g/mol. The largest absolute Gasteiger partial charge is 0.512 e. The van der Waals surface area contributed by atoms with Crippen LogP contribution in [0.3, 0.4) is 0 Å². The molecule has 2 heteroatoms. The molecule has 0 aliphatic heterocycles. The molecule has 0 heterocycles. The van der Waals surface area contributed by atoms with Crippen molar-refractivity contribution in [1.82, 2.24) is 0 Å². The summed E-state index contributed by atoms with van der Waals surface area (Å²) < 4.78 is 4.85. The summed E-state index contributed by atoms with van der Waals surface area (Å²) in [6, 6.07) is 0. The first-order valence-electron chi connectivity index (χ1n) is 3.31. The molecule has 0 aromatic heterocycles. The van der Waals surface area contributed by atoms with Crippen molar-refractivity contribution in [2.75, 3.05) is 7.11 Å². The molecule has 0 aromatic carbocycles. The Hall–Kier alpha value is -0.920. The minimum atomic E-state index is 0.372. The zero-order chi connectivity index (χ0) is 7.98. The van der Waals surface area contributed by atoms with Crippen molar-refractivity contribution in [2.24, 2.45) is 0 Å². The molecule has 0 bridgehead atoms. The van der Waals surface area contributed by atoms with Gasteiger partial charge in [-0.1, -0.05) is 6.92 Å². The van der Waals surface area contributed by atoms with Gasteiger partial charge in [-0.15, -0.1) is 0 Å².